The first-order valence-electron chi connectivity index (χ1n) is 5.85. The summed E-state index contributed by atoms with van der Waals surface area (Å²) in [4.78, 5) is 13.4. The summed E-state index contributed by atoms with van der Waals surface area (Å²) in [5.41, 5.74) is 5.51. The van der Waals surface area contributed by atoms with Crippen molar-refractivity contribution in [3.63, 3.8) is 0 Å². The summed E-state index contributed by atoms with van der Waals surface area (Å²) >= 11 is 0. The molecule has 7 heteroatoms. The molecule has 0 aliphatic rings. The highest BCUT2D eigenvalue weighted by Gasteiger charge is 2.06. The van der Waals surface area contributed by atoms with Crippen LogP contribution in [-0.4, -0.2) is 61.0 Å². The van der Waals surface area contributed by atoms with Crippen molar-refractivity contribution in [2.75, 3.05) is 46.1 Å². The van der Waals surface area contributed by atoms with E-state index in [1.165, 1.54) is 0 Å². The van der Waals surface area contributed by atoms with E-state index in [9.17, 15) is 4.79 Å². The molecule has 0 radical (unpaired) electrons. The molecule has 0 spiro atoms. The summed E-state index contributed by atoms with van der Waals surface area (Å²) in [7, 11) is 3.50. The van der Waals surface area contributed by atoms with Crippen LogP contribution < -0.4 is 11.1 Å². The van der Waals surface area contributed by atoms with Crippen molar-refractivity contribution in [3.05, 3.63) is 12.3 Å². The van der Waals surface area contributed by atoms with Gasteiger partial charge < -0.3 is 15.8 Å². The van der Waals surface area contributed by atoms with Crippen LogP contribution in [0, 0.1) is 0 Å². The van der Waals surface area contributed by atoms with E-state index in [1.54, 1.807) is 17.9 Å². The molecule has 1 rings (SSSR count). The zero-order valence-electron chi connectivity index (χ0n) is 10.9. The summed E-state index contributed by atoms with van der Waals surface area (Å²) in [5, 5.41) is 6.84. The number of nitrogen functional groups attached to an aromatic ring is 1. The second-order valence-corrected chi connectivity index (χ2v) is 4.08. The molecule has 1 heterocycles. The molecule has 0 aliphatic heterocycles. The minimum absolute atomic E-state index is 0.00507. The van der Waals surface area contributed by atoms with Crippen LogP contribution in [0.25, 0.3) is 0 Å². The van der Waals surface area contributed by atoms with Gasteiger partial charge in [0.2, 0.25) is 5.91 Å². The van der Waals surface area contributed by atoms with Gasteiger partial charge in [0.15, 0.2) is 0 Å². The summed E-state index contributed by atoms with van der Waals surface area (Å²) < 4.78 is 6.61. The molecule has 0 unspecified atom stereocenters. The number of carbonyl (C=O) groups excluding carboxylic acids is 1. The minimum Gasteiger partial charge on any atom is -0.383 e. The number of amides is 1. The lowest BCUT2D eigenvalue weighted by atomic mass is 10.4. The number of nitrogens with zero attached hydrogens (tertiary/aromatic N) is 3. The molecule has 1 aromatic heterocycles. The van der Waals surface area contributed by atoms with Gasteiger partial charge in [-0.2, -0.15) is 5.10 Å². The summed E-state index contributed by atoms with van der Waals surface area (Å²) in [6.07, 6.45) is 1.82. The molecular weight excluding hydrogens is 234 g/mol. The highest BCUT2D eigenvalue weighted by atomic mass is 16.5. The number of hydrogen-bond donors (Lipinski definition) is 2. The summed E-state index contributed by atoms with van der Waals surface area (Å²) in [6, 6.07) is 1.75. The number of hydrogen-bond acceptors (Lipinski definition) is 5. The zero-order valence-corrected chi connectivity index (χ0v) is 10.9. The van der Waals surface area contributed by atoms with E-state index < -0.39 is 0 Å². The molecule has 0 aliphatic carbocycles. The Morgan fingerprint density at radius 2 is 2.44 bits per heavy atom. The molecule has 0 saturated carbocycles. The van der Waals surface area contributed by atoms with Crippen molar-refractivity contribution in [2.24, 2.45) is 0 Å². The first-order valence-corrected chi connectivity index (χ1v) is 5.85. The fourth-order valence-corrected chi connectivity index (χ4v) is 1.45. The molecule has 1 amide bonds. The molecule has 18 heavy (non-hydrogen) atoms. The fraction of sp³-hybridized carbons (Fsp3) is 0.636. The molecule has 102 valence electrons. The van der Waals surface area contributed by atoms with Crippen molar-refractivity contribution >= 4 is 11.7 Å². The van der Waals surface area contributed by atoms with Crippen LogP contribution in [0.1, 0.15) is 0 Å². The number of likely N-dealkylation sites (N-methyl/N-ethyl adjacent to an activating group) is 1. The van der Waals surface area contributed by atoms with E-state index in [0.717, 1.165) is 6.54 Å². The quantitative estimate of drug-likeness (QED) is 0.592. The van der Waals surface area contributed by atoms with E-state index in [-0.39, 0.29) is 5.91 Å². The Kier molecular flexibility index (Phi) is 6.16. The Morgan fingerprint density at radius 1 is 1.67 bits per heavy atom. The van der Waals surface area contributed by atoms with E-state index in [0.29, 0.717) is 32.1 Å². The van der Waals surface area contributed by atoms with Gasteiger partial charge in [0.05, 0.1) is 19.7 Å². The third kappa shape index (κ3) is 5.65. The lowest BCUT2D eigenvalue weighted by molar-refractivity contribution is -0.122. The van der Waals surface area contributed by atoms with E-state index in [2.05, 4.69) is 10.4 Å². The van der Waals surface area contributed by atoms with Crippen LogP contribution in [0.3, 0.4) is 0 Å². The minimum atomic E-state index is -0.00507. The Bertz CT molecular complexity index is 366. The van der Waals surface area contributed by atoms with Gasteiger partial charge in [-0.3, -0.25) is 14.4 Å². The molecule has 7 nitrogen and oxygen atoms in total. The highest BCUT2D eigenvalue weighted by Crippen LogP contribution is 1.95. The highest BCUT2D eigenvalue weighted by molar-refractivity contribution is 5.77. The Morgan fingerprint density at radius 3 is 3.06 bits per heavy atom. The van der Waals surface area contributed by atoms with Gasteiger partial charge in [-0.05, 0) is 13.1 Å². The van der Waals surface area contributed by atoms with Gasteiger partial charge in [0.1, 0.15) is 5.82 Å². The Labute approximate surface area is 107 Å². The molecular formula is C11H21N5O2. The van der Waals surface area contributed by atoms with E-state index >= 15 is 0 Å². The number of rotatable bonds is 8. The predicted octanol–water partition coefficient (Wildman–Crippen LogP) is -0.840. The molecule has 1 aromatic rings. The van der Waals surface area contributed by atoms with Crippen molar-refractivity contribution in [3.8, 4) is 0 Å². The molecule has 0 saturated heterocycles. The first-order chi connectivity index (χ1) is 8.61. The lowest BCUT2D eigenvalue weighted by Gasteiger charge is -2.16. The van der Waals surface area contributed by atoms with Gasteiger partial charge >= 0.3 is 0 Å². The predicted molar refractivity (Wildman–Crippen MR) is 69.0 cm³/mol. The number of nitrogens with one attached hydrogen (secondary N) is 1. The number of nitrogens with two attached hydrogens (primary N) is 1. The second-order valence-electron chi connectivity index (χ2n) is 4.08. The van der Waals surface area contributed by atoms with Crippen LogP contribution in [0.15, 0.2) is 12.3 Å². The number of aromatic nitrogens is 2. The van der Waals surface area contributed by atoms with Gasteiger partial charge in [0, 0.05) is 26.4 Å². The van der Waals surface area contributed by atoms with E-state index in [1.807, 2.05) is 18.1 Å². The van der Waals surface area contributed by atoms with Crippen LogP contribution >= 0.6 is 0 Å². The second kappa shape index (κ2) is 7.67. The standard InChI is InChI=1S/C11H21N5O2/c1-15(9-11(17)13-4-8-18-2)6-7-16-5-3-10(12)14-16/h3,5H,4,6-9H2,1-2H3,(H2,12,14)(H,13,17). The fourth-order valence-electron chi connectivity index (χ4n) is 1.45. The SMILES string of the molecule is COCCNC(=O)CN(C)CCn1ccc(N)n1. The topological polar surface area (TPSA) is 85.4 Å². The normalized spacial score (nSPS) is 10.8. The maximum atomic E-state index is 11.5. The first kappa shape index (κ1) is 14.5. The smallest absolute Gasteiger partial charge is 0.234 e. The average Bonchev–Trinajstić information content (AvgIpc) is 2.73. The van der Waals surface area contributed by atoms with Crippen molar-refractivity contribution < 1.29 is 9.53 Å². The maximum Gasteiger partial charge on any atom is 0.234 e. The number of carbonyl (C=O) groups is 1. The Balaban J connectivity index is 2.16. The number of anilines is 1. The Hall–Kier alpha value is -1.60. The maximum absolute atomic E-state index is 11.5. The third-order valence-electron chi connectivity index (χ3n) is 2.41. The number of methoxy groups -OCH3 is 1. The lowest BCUT2D eigenvalue weighted by Crippen LogP contribution is -2.37. The zero-order chi connectivity index (χ0) is 13.4. The van der Waals surface area contributed by atoms with Gasteiger partial charge in [-0.1, -0.05) is 0 Å². The van der Waals surface area contributed by atoms with Crippen molar-refractivity contribution in [1.29, 1.82) is 0 Å². The van der Waals surface area contributed by atoms with Crippen LogP contribution in [0.5, 0.6) is 0 Å². The van der Waals surface area contributed by atoms with Crippen LogP contribution in [0.2, 0.25) is 0 Å². The van der Waals surface area contributed by atoms with Crippen LogP contribution in [-0.2, 0) is 16.1 Å². The van der Waals surface area contributed by atoms with Crippen molar-refractivity contribution in [1.82, 2.24) is 20.0 Å². The summed E-state index contributed by atoms with van der Waals surface area (Å²) in [6.45, 7) is 2.87. The molecule has 0 bridgehead atoms. The van der Waals surface area contributed by atoms with Gasteiger partial charge in [-0.15, -0.1) is 0 Å². The summed E-state index contributed by atoms with van der Waals surface area (Å²) in [5.74, 6) is 0.504. The van der Waals surface area contributed by atoms with Gasteiger partial charge in [-0.25, -0.2) is 0 Å². The largest absolute Gasteiger partial charge is 0.383 e. The molecule has 0 aromatic carbocycles. The molecule has 0 fully saturated rings. The van der Waals surface area contributed by atoms with Crippen LogP contribution in [0.4, 0.5) is 5.82 Å². The molecule has 3 N–H and O–H groups in total. The van der Waals surface area contributed by atoms with Crippen molar-refractivity contribution in [2.45, 2.75) is 6.54 Å². The van der Waals surface area contributed by atoms with E-state index in [4.69, 9.17) is 10.5 Å². The number of ether oxygens (including phenoxy) is 1. The third-order valence-corrected chi connectivity index (χ3v) is 2.41. The van der Waals surface area contributed by atoms with Gasteiger partial charge in [0.25, 0.3) is 0 Å². The average molecular weight is 255 g/mol. The monoisotopic (exact) mass is 255 g/mol. The molecule has 0 atom stereocenters.